The highest BCUT2D eigenvalue weighted by Crippen LogP contribution is 2.33. The second-order valence-electron chi connectivity index (χ2n) is 5.63. The number of halogens is 4. The van der Waals surface area contributed by atoms with E-state index in [9.17, 15) is 18.0 Å². The number of nitrogens with zero attached hydrogens (tertiary/aromatic N) is 3. The fourth-order valence-electron chi connectivity index (χ4n) is 2.63. The highest BCUT2D eigenvalue weighted by molar-refractivity contribution is 9.10. The number of alkyl halides is 3. The Hall–Kier alpha value is -2.52. The molecule has 27 heavy (non-hydrogen) atoms. The summed E-state index contributed by atoms with van der Waals surface area (Å²) < 4.78 is 42.2. The van der Waals surface area contributed by atoms with Crippen molar-refractivity contribution in [3.63, 3.8) is 0 Å². The van der Waals surface area contributed by atoms with Gasteiger partial charge < -0.3 is 0 Å². The normalized spacial score (nSPS) is 11.9. The quantitative estimate of drug-likeness (QED) is 0.388. The molecule has 3 aromatic heterocycles. The molecule has 0 saturated heterocycles. The zero-order chi connectivity index (χ0) is 19.2. The van der Waals surface area contributed by atoms with Crippen molar-refractivity contribution in [1.82, 2.24) is 14.6 Å². The van der Waals surface area contributed by atoms with Gasteiger partial charge in [-0.2, -0.15) is 18.3 Å². The molecule has 0 N–H and O–H groups in total. The predicted octanol–water partition coefficient (Wildman–Crippen LogP) is 5.47. The lowest BCUT2D eigenvalue weighted by atomic mass is 10.1. The van der Waals surface area contributed by atoms with Crippen LogP contribution in [0.1, 0.15) is 20.9 Å². The molecule has 0 atom stereocenters. The zero-order valence-corrected chi connectivity index (χ0v) is 15.8. The Balaban J connectivity index is 1.97. The lowest BCUT2D eigenvalue weighted by molar-refractivity contribution is -0.142. The molecule has 9 heteroatoms. The summed E-state index contributed by atoms with van der Waals surface area (Å²) in [6, 6.07) is 11.0. The third-order valence-electron chi connectivity index (χ3n) is 3.89. The van der Waals surface area contributed by atoms with Crippen LogP contribution >= 0.6 is 27.3 Å². The highest BCUT2D eigenvalue weighted by atomic mass is 79.9. The van der Waals surface area contributed by atoms with E-state index in [4.69, 9.17) is 0 Å². The Morgan fingerprint density at radius 1 is 1.15 bits per heavy atom. The fourth-order valence-corrected chi connectivity index (χ4v) is 3.58. The van der Waals surface area contributed by atoms with Crippen molar-refractivity contribution < 1.29 is 18.0 Å². The Kier molecular flexibility index (Phi) is 4.35. The van der Waals surface area contributed by atoms with Gasteiger partial charge in [0.05, 0.1) is 22.3 Å². The number of aromatic nitrogens is 3. The Morgan fingerprint density at radius 2 is 1.89 bits per heavy atom. The molecule has 0 spiro atoms. The smallest absolute Gasteiger partial charge is 0.287 e. The predicted molar refractivity (Wildman–Crippen MR) is 98.9 cm³/mol. The molecule has 3 heterocycles. The first-order chi connectivity index (χ1) is 12.8. The van der Waals surface area contributed by atoms with Crippen LogP contribution in [-0.2, 0) is 6.18 Å². The molecule has 0 radical (unpaired) electrons. The van der Waals surface area contributed by atoms with E-state index in [2.05, 4.69) is 26.0 Å². The lowest BCUT2D eigenvalue weighted by Gasteiger charge is -2.11. The maximum absolute atomic E-state index is 13.6. The van der Waals surface area contributed by atoms with Crippen molar-refractivity contribution >= 4 is 38.7 Å². The van der Waals surface area contributed by atoms with E-state index in [-0.39, 0.29) is 16.9 Å². The first kappa shape index (κ1) is 17.9. The maximum Gasteiger partial charge on any atom is 0.433 e. The number of hydrogen-bond donors (Lipinski definition) is 0. The van der Waals surface area contributed by atoms with E-state index in [0.717, 1.165) is 16.7 Å². The summed E-state index contributed by atoms with van der Waals surface area (Å²) in [5, 5.41) is 5.50. The van der Waals surface area contributed by atoms with Crippen LogP contribution in [-0.4, -0.2) is 20.4 Å². The molecule has 0 unspecified atom stereocenters. The largest absolute Gasteiger partial charge is 0.433 e. The molecule has 0 aliphatic carbocycles. The Labute approximate surface area is 163 Å². The summed E-state index contributed by atoms with van der Waals surface area (Å²) in [6.45, 7) is 0. The van der Waals surface area contributed by atoms with E-state index >= 15 is 0 Å². The van der Waals surface area contributed by atoms with Gasteiger partial charge in [-0.15, -0.1) is 11.3 Å². The van der Waals surface area contributed by atoms with Crippen LogP contribution in [0.3, 0.4) is 0 Å². The van der Waals surface area contributed by atoms with Crippen LogP contribution in [0.25, 0.3) is 16.9 Å². The van der Waals surface area contributed by atoms with Crippen LogP contribution in [0.2, 0.25) is 0 Å². The maximum atomic E-state index is 13.6. The Morgan fingerprint density at radius 3 is 2.52 bits per heavy atom. The van der Waals surface area contributed by atoms with Gasteiger partial charge in [0.15, 0.2) is 11.3 Å². The number of rotatable bonds is 3. The van der Waals surface area contributed by atoms with Gasteiger partial charge in [0.2, 0.25) is 5.78 Å². The lowest BCUT2D eigenvalue weighted by Crippen LogP contribution is -2.14. The zero-order valence-electron chi connectivity index (χ0n) is 13.4. The van der Waals surface area contributed by atoms with Crippen molar-refractivity contribution in [2.24, 2.45) is 0 Å². The minimum atomic E-state index is -4.65. The number of thiophene rings is 1. The highest BCUT2D eigenvalue weighted by Gasteiger charge is 2.36. The molecule has 4 aromatic rings. The molecule has 0 bridgehead atoms. The Bertz CT molecular complexity index is 1140. The summed E-state index contributed by atoms with van der Waals surface area (Å²) in [5.74, 6) is -0.409. The van der Waals surface area contributed by atoms with Crippen LogP contribution in [0.5, 0.6) is 0 Å². The molecule has 4 nitrogen and oxygen atoms in total. The van der Waals surface area contributed by atoms with Crippen LogP contribution < -0.4 is 0 Å². The van der Waals surface area contributed by atoms with Crippen molar-refractivity contribution in [3.8, 4) is 11.3 Å². The second-order valence-corrected chi connectivity index (χ2v) is 7.49. The number of carbonyl (C=O) groups is 1. The first-order valence-corrected chi connectivity index (χ1v) is 9.32. The molecule has 1 aromatic carbocycles. The molecule has 0 aliphatic rings. The number of benzene rings is 1. The van der Waals surface area contributed by atoms with Crippen molar-refractivity contribution in [1.29, 1.82) is 0 Å². The molecular formula is C18H9BrF3N3OS. The molecule has 136 valence electrons. The van der Waals surface area contributed by atoms with E-state index in [1.807, 2.05) is 0 Å². The molecule has 0 saturated carbocycles. The average Bonchev–Trinajstić information content (AvgIpc) is 3.30. The summed E-state index contributed by atoms with van der Waals surface area (Å²) in [5.41, 5.74) is -0.469. The van der Waals surface area contributed by atoms with Crippen LogP contribution in [0.15, 0.2) is 58.5 Å². The van der Waals surface area contributed by atoms with Gasteiger partial charge in [-0.3, -0.25) is 4.79 Å². The third kappa shape index (κ3) is 3.28. The molecule has 0 fully saturated rings. The van der Waals surface area contributed by atoms with E-state index in [1.54, 1.807) is 41.8 Å². The minimum absolute atomic E-state index is 0.0295. The van der Waals surface area contributed by atoms with E-state index in [0.29, 0.717) is 15.0 Å². The van der Waals surface area contributed by atoms with Gasteiger partial charge in [0.25, 0.3) is 0 Å². The minimum Gasteiger partial charge on any atom is -0.287 e. The number of ketones is 1. The van der Waals surface area contributed by atoms with Gasteiger partial charge in [-0.25, -0.2) is 9.50 Å². The van der Waals surface area contributed by atoms with E-state index < -0.39 is 17.7 Å². The third-order valence-corrected chi connectivity index (χ3v) is 5.29. The summed E-state index contributed by atoms with van der Waals surface area (Å²) in [4.78, 5) is 17.4. The summed E-state index contributed by atoms with van der Waals surface area (Å²) in [7, 11) is 0. The van der Waals surface area contributed by atoms with Gasteiger partial charge in [0.1, 0.15) is 0 Å². The first-order valence-electron chi connectivity index (χ1n) is 7.65. The molecule has 0 amide bonds. The van der Waals surface area contributed by atoms with Gasteiger partial charge in [0, 0.05) is 10.0 Å². The standard InChI is InChI=1S/C18H9BrF3N3OS/c19-11-5-3-10(4-6-11)13-8-15(18(20,21)22)25-17(24-13)12(9-23-25)16(26)14-2-1-7-27-14/h1-9H. The monoisotopic (exact) mass is 451 g/mol. The molecular weight excluding hydrogens is 443 g/mol. The van der Waals surface area contributed by atoms with Gasteiger partial charge in [-0.05, 0) is 29.6 Å². The molecule has 0 aliphatic heterocycles. The SMILES string of the molecule is O=C(c1cccs1)c1cnn2c(C(F)(F)F)cc(-c3ccc(Br)cc3)nc12. The number of fused-ring (bicyclic) bond motifs is 1. The molecule has 4 rings (SSSR count). The average molecular weight is 452 g/mol. The van der Waals surface area contributed by atoms with Gasteiger partial charge in [-0.1, -0.05) is 34.1 Å². The van der Waals surface area contributed by atoms with Crippen molar-refractivity contribution in [3.05, 3.63) is 74.6 Å². The summed E-state index contributed by atoms with van der Waals surface area (Å²) >= 11 is 4.50. The van der Waals surface area contributed by atoms with Gasteiger partial charge >= 0.3 is 6.18 Å². The number of hydrogen-bond acceptors (Lipinski definition) is 4. The fraction of sp³-hybridized carbons (Fsp3) is 0.0556. The summed E-state index contributed by atoms with van der Waals surface area (Å²) in [6.07, 6.45) is -3.52. The van der Waals surface area contributed by atoms with Crippen molar-refractivity contribution in [2.75, 3.05) is 0 Å². The topological polar surface area (TPSA) is 47.3 Å². The van der Waals surface area contributed by atoms with Crippen LogP contribution in [0, 0.1) is 0 Å². The van der Waals surface area contributed by atoms with E-state index in [1.165, 1.54) is 11.3 Å². The van der Waals surface area contributed by atoms with Crippen molar-refractivity contribution in [2.45, 2.75) is 6.18 Å². The second kappa shape index (κ2) is 6.58. The van der Waals surface area contributed by atoms with Crippen LogP contribution in [0.4, 0.5) is 13.2 Å². The number of carbonyl (C=O) groups excluding carboxylic acids is 1.